The molecule has 3 aromatic rings. The Labute approximate surface area is 209 Å². The number of amides is 1. The standard InChI is InChI=1S/C26H35N7O3/c1-30-23-22(24(35)33(26(30)36)17-21(34)28-20-12-6-3-7-13-20)32(15-18-9-4-2-5-10-18)25(29-23)31-14-8-11-19(27)16-31/h2,4-5,9-10,19-20H,3,6-8,11-17,27H2,1H3,(H,28,34)/t19-/m1/s1. The third-order valence-electron chi connectivity index (χ3n) is 7.41. The number of nitrogens with two attached hydrogens (primary N) is 1. The first-order valence-electron chi connectivity index (χ1n) is 13.0. The molecule has 0 spiro atoms. The average molecular weight is 494 g/mol. The number of rotatable bonds is 6. The number of carbonyl (C=O) groups is 1. The average Bonchev–Trinajstić information content (AvgIpc) is 3.26. The smallest absolute Gasteiger partial charge is 0.332 e. The largest absolute Gasteiger partial charge is 0.352 e. The molecule has 2 aliphatic rings. The zero-order valence-electron chi connectivity index (χ0n) is 20.9. The lowest BCUT2D eigenvalue weighted by atomic mass is 9.95. The molecule has 1 aromatic carbocycles. The highest BCUT2D eigenvalue weighted by atomic mass is 16.2. The highest BCUT2D eigenvalue weighted by Crippen LogP contribution is 2.24. The summed E-state index contributed by atoms with van der Waals surface area (Å²) in [4.78, 5) is 46.7. The van der Waals surface area contributed by atoms with Crippen LogP contribution in [-0.4, -0.2) is 49.8 Å². The van der Waals surface area contributed by atoms with Gasteiger partial charge in [0.25, 0.3) is 5.56 Å². The summed E-state index contributed by atoms with van der Waals surface area (Å²) in [6, 6.07) is 9.97. The second-order valence-corrected chi connectivity index (χ2v) is 10.1. The molecule has 1 aliphatic heterocycles. The topological polar surface area (TPSA) is 120 Å². The van der Waals surface area contributed by atoms with Gasteiger partial charge in [0.1, 0.15) is 6.54 Å². The number of piperidine rings is 1. The predicted molar refractivity (Wildman–Crippen MR) is 139 cm³/mol. The van der Waals surface area contributed by atoms with Gasteiger partial charge in [0.2, 0.25) is 11.9 Å². The van der Waals surface area contributed by atoms with Gasteiger partial charge >= 0.3 is 5.69 Å². The third-order valence-corrected chi connectivity index (χ3v) is 7.41. The Hall–Kier alpha value is -3.40. The maximum Gasteiger partial charge on any atom is 0.332 e. The molecule has 3 N–H and O–H groups in total. The Morgan fingerprint density at radius 2 is 1.81 bits per heavy atom. The van der Waals surface area contributed by atoms with Gasteiger partial charge in [-0.2, -0.15) is 4.98 Å². The van der Waals surface area contributed by atoms with Crippen LogP contribution in [0.2, 0.25) is 0 Å². The normalized spacial score (nSPS) is 19.1. The molecular formula is C26H35N7O3. The Morgan fingerprint density at radius 1 is 1.06 bits per heavy atom. The first-order valence-corrected chi connectivity index (χ1v) is 13.0. The SMILES string of the molecule is Cn1c(=O)n(CC(=O)NC2CCCCC2)c(=O)c2c1nc(N1CCC[C@@H](N)C1)n2Cc1ccccc1. The molecular weight excluding hydrogens is 458 g/mol. The molecule has 1 saturated heterocycles. The molecule has 10 heteroatoms. The van der Waals surface area contributed by atoms with Crippen molar-refractivity contribution in [2.45, 2.75) is 70.1 Å². The van der Waals surface area contributed by atoms with Crippen LogP contribution in [0, 0.1) is 0 Å². The van der Waals surface area contributed by atoms with Crippen LogP contribution in [-0.2, 0) is 24.9 Å². The Balaban J connectivity index is 1.58. The highest BCUT2D eigenvalue weighted by Gasteiger charge is 2.27. The molecule has 1 amide bonds. The van der Waals surface area contributed by atoms with Crippen LogP contribution in [0.25, 0.3) is 11.2 Å². The minimum absolute atomic E-state index is 0.0210. The van der Waals surface area contributed by atoms with Gasteiger partial charge in [-0.25, -0.2) is 9.36 Å². The van der Waals surface area contributed by atoms with Crippen molar-refractivity contribution in [1.82, 2.24) is 24.0 Å². The molecule has 2 fully saturated rings. The van der Waals surface area contributed by atoms with Crippen LogP contribution in [0.15, 0.2) is 39.9 Å². The van der Waals surface area contributed by atoms with E-state index < -0.39 is 11.2 Å². The van der Waals surface area contributed by atoms with Crippen LogP contribution < -0.4 is 27.2 Å². The minimum Gasteiger partial charge on any atom is -0.352 e. The summed E-state index contributed by atoms with van der Waals surface area (Å²) in [6.45, 7) is 1.51. The second kappa shape index (κ2) is 10.3. The molecule has 1 atom stereocenters. The molecule has 1 saturated carbocycles. The Kier molecular flexibility index (Phi) is 6.95. The zero-order chi connectivity index (χ0) is 25.2. The molecule has 36 heavy (non-hydrogen) atoms. The van der Waals surface area contributed by atoms with Gasteiger partial charge < -0.3 is 16.0 Å². The van der Waals surface area contributed by atoms with Crippen LogP contribution in [0.1, 0.15) is 50.5 Å². The van der Waals surface area contributed by atoms with E-state index in [1.807, 2.05) is 34.9 Å². The van der Waals surface area contributed by atoms with E-state index in [9.17, 15) is 14.4 Å². The number of hydrogen-bond donors (Lipinski definition) is 2. The summed E-state index contributed by atoms with van der Waals surface area (Å²) in [6.07, 6.45) is 7.09. The number of nitrogens with zero attached hydrogens (tertiary/aromatic N) is 5. The molecule has 0 bridgehead atoms. The quantitative estimate of drug-likeness (QED) is 0.534. The van der Waals surface area contributed by atoms with E-state index in [0.717, 1.165) is 55.2 Å². The van der Waals surface area contributed by atoms with Crippen molar-refractivity contribution in [3.63, 3.8) is 0 Å². The number of anilines is 1. The summed E-state index contributed by atoms with van der Waals surface area (Å²) >= 11 is 0. The number of benzene rings is 1. The number of hydrogen-bond acceptors (Lipinski definition) is 6. The van der Waals surface area contributed by atoms with E-state index in [1.165, 1.54) is 11.0 Å². The number of aromatic nitrogens is 4. The fourth-order valence-corrected chi connectivity index (χ4v) is 5.51. The molecule has 0 unspecified atom stereocenters. The van der Waals surface area contributed by atoms with Crippen molar-refractivity contribution in [1.29, 1.82) is 0 Å². The maximum atomic E-state index is 13.8. The molecule has 3 heterocycles. The van der Waals surface area contributed by atoms with E-state index in [1.54, 1.807) is 7.05 Å². The van der Waals surface area contributed by atoms with Gasteiger partial charge in [0.05, 0.1) is 6.54 Å². The van der Waals surface area contributed by atoms with Gasteiger partial charge in [0, 0.05) is 32.2 Å². The maximum absolute atomic E-state index is 13.8. The fourth-order valence-electron chi connectivity index (χ4n) is 5.51. The molecule has 2 aromatic heterocycles. The minimum atomic E-state index is -0.544. The summed E-state index contributed by atoms with van der Waals surface area (Å²) in [5.41, 5.74) is 6.86. The van der Waals surface area contributed by atoms with Gasteiger partial charge in [-0.3, -0.25) is 18.7 Å². The number of aryl methyl sites for hydroxylation is 1. The first-order chi connectivity index (χ1) is 17.4. The molecule has 1 aliphatic carbocycles. The summed E-state index contributed by atoms with van der Waals surface area (Å²) < 4.78 is 4.29. The first kappa shape index (κ1) is 24.3. The van der Waals surface area contributed by atoms with Gasteiger partial charge in [-0.15, -0.1) is 0 Å². The van der Waals surface area contributed by atoms with Gasteiger partial charge in [-0.05, 0) is 31.2 Å². The van der Waals surface area contributed by atoms with Crippen molar-refractivity contribution in [3.8, 4) is 0 Å². The highest BCUT2D eigenvalue weighted by molar-refractivity contribution is 5.78. The number of fused-ring (bicyclic) bond motifs is 1. The number of imidazole rings is 1. The number of carbonyl (C=O) groups excluding carboxylic acids is 1. The van der Waals surface area contributed by atoms with E-state index >= 15 is 0 Å². The second-order valence-electron chi connectivity index (χ2n) is 10.1. The lowest BCUT2D eigenvalue weighted by Crippen LogP contribution is -2.46. The summed E-state index contributed by atoms with van der Waals surface area (Å²) in [5.74, 6) is 0.317. The summed E-state index contributed by atoms with van der Waals surface area (Å²) in [7, 11) is 1.60. The van der Waals surface area contributed by atoms with Gasteiger partial charge in [-0.1, -0.05) is 49.6 Å². The molecule has 5 rings (SSSR count). The van der Waals surface area contributed by atoms with E-state index in [4.69, 9.17) is 10.7 Å². The monoisotopic (exact) mass is 493 g/mol. The lowest BCUT2D eigenvalue weighted by molar-refractivity contribution is -0.122. The van der Waals surface area contributed by atoms with Crippen LogP contribution in [0.4, 0.5) is 5.95 Å². The fraction of sp³-hybridized carbons (Fsp3) is 0.538. The van der Waals surface area contributed by atoms with Crippen molar-refractivity contribution in [3.05, 3.63) is 56.7 Å². The van der Waals surface area contributed by atoms with E-state index in [-0.39, 0.29) is 24.5 Å². The zero-order valence-corrected chi connectivity index (χ0v) is 20.9. The van der Waals surface area contributed by atoms with Gasteiger partial charge in [0.15, 0.2) is 11.2 Å². The molecule has 192 valence electrons. The number of nitrogens with one attached hydrogen (secondary N) is 1. The van der Waals surface area contributed by atoms with Crippen LogP contribution >= 0.6 is 0 Å². The molecule has 0 radical (unpaired) electrons. The van der Waals surface area contributed by atoms with E-state index in [0.29, 0.717) is 30.2 Å². The van der Waals surface area contributed by atoms with Crippen molar-refractivity contribution >= 4 is 23.0 Å². The van der Waals surface area contributed by atoms with Crippen LogP contribution in [0.3, 0.4) is 0 Å². The lowest BCUT2D eigenvalue weighted by Gasteiger charge is -2.31. The van der Waals surface area contributed by atoms with Crippen molar-refractivity contribution in [2.24, 2.45) is 12.8 Å². The van der Waals surface area contributed by atoms with E-state index in [2.05, 4.69) is 10.2 Å². The Morgan fingerprint density at radius 3 is 2.53 bits per heavy atom. The summed E-state index contributed by atoms with van der Waals surface area (Å²) in [5, 5.41) is 3.01. The molecule has 10 nitrogen and oxygen atoms in total. The van der Waals surface area contributed by atoms with Crippen molar-refractivity contribution < 1.29 is 4.79 Å². The Bertz CT molecular complexity index is 1350. The van der Waals surface area contributed by atoms with Crippen LogP contribution in [0.5, 0.6) is 0 Å². The van der Waals surface area contributed by atoms with Crippen molar-refractivity contribution in [2.75, 3.05) is 18.0 Å². The predicted octanol–water partition coefficient (Wildman–Crippen LogP) is 1.32. The third kappa shape index (κ3) is 4.82.